The van der Waals surface area contributed by atoms with Gasteiger partial charge >= 0.3 is 0 Å². The van der Waals surface area contributed by atoms with Crippen LogP contribution < -0.4 is 5.48 Å². The highest BCUT2D eigenvalue weighted by molar-refractivity contribution is 5.61. The van der Waals surface area contributed by atoms with Crippen LogP contribution in [0, 0.1) is 17.0 Å². The lowest BCUT2D eigenvalue weighted by Gasteiger charge is -2.28. The van der Waals surface area contributed by atoms with Gasteiger partial charge in [0.2, 0.25) is 6.41 Å². The summed E-state index contributed by atoms with van der Waals surface area (Å²) in [5, 5.41) is 18.2. The molecule has 156 valence electrons. The average molecular weight is 409 g/mol. The maximum Gasteiger partial charge on any atom is 0.270 e. The van der Waals surface area contributed by atoms with Gasteiger partial charge in [0.1, 0.15) is 11.5 Å². The lowest BCUT2D eigenvalue weighted by atomic mass is 9.98. The third-order valence-electron chi connectivity index (χ3n) is 4.89. The number of nitro benzene ring substituents is 1. The Morgan fingerprint density at radius 2 is 2.00 bits per heavy atom. The zero-order valence-electron chi connectivity index (χ0n) is 16.6. The molecule has 1 aromatic heterocycles. The number of nitro groups is 1. The number of furan rings is 1. The number of hydrogen-bond donors (Lipinski definition) is 2. The minimum atomic E-state index is -0.388. The van der Waals surface area contributed by atoms with Crippen LogP contribution in [0.3, 0.4) is 0 Å². The maximum atomic E-state index is 10.9. The molecular weight excluding hydrogens is 386 g/mol. The van der Waals surface area contributed by atoms with Crippen molar-refractivity contribution in [1.29, 1.82) is 0 Å². The Kier molecular flexibility index (Phi) is 6.95. The third kappa shape index (κ3) is 5.31. The van der Waals surface area contributed by atoms with E-state index in [-0.39, 0.29) is 17.0 Å². The van der Waals surface area contributed by atoms with E-state index in [0.717, 1.165) is 37.4 Å². The van der Waals surface area contributed by atoms with Crippen LogP contribution in [0.25, 0.3) is 11.3 Å². The van der Waals surface area contributed by atoms with E-state index >= 15 is 0 Å². The van der Waals surface area contributed by atoms with Crippen molar-refractivity contribution in [1.82, 2.24) is 10.4 Å². The van der Waals surface area contributed by atoms with E-state index < -0.39 is 0 Å². The molecule has 0 radical (unpaired) electrons. The summed E-state index contributed by atoms with van der Waals surface area (Å²) in [7, 11) is 0. The summed E-state index contributed by atoms with van der Waals surface area (Å²) in [6.45, 7) is 4.78. The van der Waals surface area contributed by atoms with Crippen LogP contribution in [0.15, 0.2) is 59.0 Å². The zero-order chi connectivity index (χ0) is 21.5. The predicted molar refractivity (Wildman–Crippen MR) is 111 cm³/mol. The number of nitrogens with zero attached hydrogens (tertiary/aromatic N) is 2. The van der Waals surface area contributed by atoms with Crippen molar-refractivity contribution in [2.75, 3.05) is 6.54 Å². The highest BCUT2D eigenvalue weighted by atomic mass is 16.6. The van der Waals surface area contributed by atoms with E-state index in [2.05, 4.69) is 30.0 Å². The fourth-order valence-electron chi connectivity index (χ4n) is 3.49. The summed E-state index contributed by atoms with van der Waals surface area (Å²) in [6.07, 6.45) is 1.23. The molecule has 0 saturated heterocycles. The summed E-state index contributed by atoms with van der Waals surface area (Å²) in [6, 6.07) is 17.0. The van der Waals surface area contributed by atoms with E-state index in [4.69, 9.17) is 14.4 Å². The minimum Gasteiger partial charge on any atom is -0.460 e. The summed E-state index contributed by atoms with van der Waals surface area (Å²) in [5.41, 5.74) is 6.16. The monoisotopic (exact) mass is 409 g/mol. The highest BCUT2D eigenvalue weighted by Crippen LogP contribution is 2.27. The second-order valence-electron chi connectivity index (χ2n) is 7.05. The molecule has 3 aromatic rings. The van der Waals surface area contributed by atoms with E-state index in [9.17, 15) is 10.1 Å². The van der Waals surface area contributed by atoms with Gasteiger partial charge in [-0.1, -0.05) is 35.9 Å². The first-order valence-corrected chi connectivity index (χ1v) is 9.47. The Hall–Kier alpha value is -3.49. The Labute approximate surface area is 173 Å². The standard InChI is InChI=1S/C21H20N2O3.CH3NO2/c1-15-5-6-16-9-10-22(13-18(16)11-15)14-20-7-8-21(26-20)17-3-2-4-19(12-17)23(24)25;3-1-2-4/h2-8,11-12H,9-10,13-14H2,1H3;1,4H,(H,2,3). The number of carbonyl (C=O) groups excluding carboxylic acids is 1. The Bertz CT molecular complexity index is 1030. The molecule has 1 aliphatic rings. The molecule has 4 rings (SSSR count). The fraction of sp³-hybridized carbons (Fsp3) is 0.227. The molecule has 0 atom stereocenters. The molecule has 0 unspecified atom stereocenters. The first-order valence-electron chi connectivity index (χ1n) is 9.47. The smallest absolute Gasteiger partial charge is 0.270 e. The fourth-order valence-corrected chi connectivity index (χ4v) is 3.49. The van der Waals surface area contributed by atoms with E-state index in [1.165, 1.54) is 28.2 Å². The quantitative estimate of drug-likeness (QED) is 0.287. The van der Waals surface area contributed by atoms with Gasteiger partial charge in [0, 0.05) is 30.8 Å². The zero-order valence-corrected chi connectivity index (χ0v) is 16.6. The van der Waals surface area contributed by atoms with Crippen molar-refractivity contribution >= 4 is 12.1 Å². The number of nitrogens with one attached hydrogen (secondary N) is 1. The van der Waals surface area contributed by atoms with Gasteiger partial charge in [-0.05, 0) is 36.6 Å². The molecule has 0 aliphatic carbocycles. The topological polar surface area (TPSA) is 109 Å². The number of carbonyl (C=O) groups is 1. The number of aryl methyl sites for hydroxylation is 1. The van der Waals surface area contributed by atoms with Crippen molar-refractivity contribution < 1.29 is 19.3 Å². The lowest BCUT2D eigenvalue weighted by molar-refractivity contribution is -0.384. The van der Waals surface area contributed by atoms with Gasteiger partial charge in [0.05, 0.1) is 11.5 Å². The molecule has 1 aliphatic heterocycles. The van der Waals surface area contributed by atoms with Crippen molar-refractivity contribution in [3.05, 3.63) is 87.2 Å². The van der Waals surface area contributed by atoms with Gasteiger partial charge in [-0.3, -0.25) is 25.0 Å². The number of hydroxylamine groups is 1. The molecule has 0 fully saturated rings. The molecular formula is C22H23N3O5. The van der Waals surface area contributed by atoms with Crippen LogP contribution in [0.5, 0.6) is 0 Å². The van der Waals surface area contributed by atoms with Gasteiger partial charge in [-0.25, -0.2) is 5.48 Å². The molecule has 0 saturated carbocycles. The normalized spacial score (nSPS) is 13.0. The molecule has 8 nitrogen and oxygen atoms in total. The second-order valence-corrected chi connectivity index (χ2v) is 7.05. The molecule has 2 heterocycles. The lowest BCUT2D eigenvalue weighted by Crippen LogP contribution is -2.29. The van der Waals surface area contributed by atoms with E-state index in [0.29, 0.717) is 5.76 Å². The Morgan fingerprint density at radius 3 is 2.73 bits per heavy atom. The minimum absolute atomic E-state index is 0.0726. The van der Waals surface area contributed by atoms with E-state index in [1.54, 1.807) is 12.1 Å². The maximum absolute atomic E-state index is 10.9. The number of amides is 1. The molecule has 0 bridgehead atoms. The van der Waals surface area contributed by atoms with Crippen molar-refractivity contribution in [3.8, 4) is 11.3 Å². The molecule has 8 heteroatoms. The molecule has 2 N–H and O–H groups in total. The molecule has 2 aromatic carbocycles. The average Bonchev–Trinajstić information content (AvgIpc) is 3.22. The number of benzene rings is 2. The largest absolute Gasteiger partial charge is 0.460 e. The number of rotatable bonds is 5. The van der Waals surface area contributed by atoms with Crippen LogP contribution in [0.1, 0.15) is 22.5 Å². The van der Waals surface area contributed by atoms with Gasteiger partial charge < -0.3 is 4.42 Å². The highest BCUT2D eigenvalue weighted by Gasteiger charge is 2.18. The SMILES string of the molecule is Cc1ccc2c(c1)CN(Cc1ccc(-c3cccc([N+](=O)[O-])c3)o1)CC2.O=CNO. The first kappa shape index (κ1) is 21.2. The summed E-state index contributed by atoms with van der Waals surface area (Å²) in [4.78, 5) is 21.7. The van der Waals surface area contributed by atoms with Crippen LogP contribution >= 0.6 is 0 Å². The Morgan fingerprint density at radius 1 is 1.20 bits per heavy atom. The molecule has 30 heavy (non-hydrogen) atoms. The number of hydrogen-bond acceptors (Lipinski definition) is 6. The third-order valence-corrected chi connectivity index (χ3v) is 4.89. The second kappa shape index (κ2) is 9.82. The van der Waals surface area contributed by atoms with Gasteiger partial charge in [0.25, 0.3) is 5.69 Å². The first-order chi connectivity index (χ1) is 14.5. The summed E-state index contributed by atoms with van der Waals surface area (Å²) in [5.74, 6) is 1.54. The molecule has 0 spiro atoms. The van der Waals surface area contributed by atoms with Crippen molar-refractivity contribution in [3.63, 3.8) is 0 Å². The predicted octanol–water partition coefficient (Wildman–Crippen LogP) is 3.84. The molecule has 1 amide bonds. The van der Waals surface area contributed by atoms with Gasteiger partial charge in [-0.15, -0.1) is 0 Å². The summed E-state index contributed by atoms with van der Waals surface area (Å²) < 4.78 is 5.95. The van der Waals surface area contributed by atoms with Gasteiger partial charge in [-0.2, -0.15) is 0 Å². The summed E-state index contributed by atoms with van der Waals surface area (Å²) >= 11 is 0. The van der Waals surface area contributed by atoms with Crippen LogP contribution in [-0.2, 0) is 24.3 Å². The Balaban J connectivity index is 0.000000589. The van der Waals surface area contributed by atoms with Crippen molar-refractivity contribution in [2.45, 2.75) is 26.4 Å². The van der Waals surface area contributed by atoms with E-state index in [1.807, 2.05) is 18.2 Å². The van der Waals surface area contributed by atoms with Crippen molar-refractivity contribution in [2.24, 2.45) is 0 Å². The van der Waals surface area contributed by atoms with Crippen LogP contribution in [0.4, 0.5) is 5.69 Å². The van der Waals surface area contributed by atoms with Gasteiger partial charge in [0.15, 0.2) is 0 Å². The van der Waals surface area contributed by atoms with Crippen LogP contribution in [0.2, 0.25) is 0 Å². The number of fused-ring (bicyclic) bond motifs is 1. The number of non-ortho nitro benzene ring substituents is 1. The van der Waals surface area contributed by atoms with Crippen LogP contribution in [-0.4, -0.2) is 28.0 Å².